The van der Waals surface area contributed by atoms with E-state index in [4.69, 9.17) is 0 Å². The van der Waals surface area contributed by atoms with Crippen LogP contribution in [0.1, 0.15) is 12.8 Å². The van der Waals surface area contributed by atoms with E-state index in [0.717, 1.165) is 38.5 Å². The quantitative estimate of drug-likeness (QED) is 0.311. The highest BCUT2D eigenvalue weighted by Gasteiger charge is 2.27. The summed E-state index contributed by atoms with van der Waals surface area (Å²) in [7, 11) is 0. The zero-order valence-electron chi connectivity index (χ0n) is 13.5. The minimum atomic E-state index is -0.963. The first-order chi connectivity index (χ1) is 12.4. The number of phenolic OH excluding ortho intramolecular Hbond substituents is 5. The van der Waals surface area contributed by atoms with Gasteiger partial charge in [-0.15, -0.1) is 0 Å². The first kappa shape index (κ1) is 16.6. The molecule has 4 rings (SSSR count). The highest BCUT2D eigenvalue weighted by molar-refractivity contribution is 9.10. The summed E-state index contributed by atoms with van der Waals surface area (Å²) in [6.45, 7) is 0. The lowest BCUT2D eigenvalue weighted by atomic mass is 9.90. The van der Waals surface area contributed by atoms with Crippen LogP contribution >= 0.6 is 15.9 Å². The van der Waals surface area contributed by atoms with Crippen molar-refractivity contribution in [3.63, 3.8) is 0 Å². The summed E-state index contributed by atoms with van der Waals surface area (Å²) in [5.74, 6) is -4.10. The van der Waals surface area contributed by atoms with Crippen molar-refractivity contribution in [2.24, 2.45) is 0 Å². The topological polar surface area (TPSA) is 101 Å². The van der Waals surface area contributed by atoms with Crippen LogP contribution in [0.3, 0.4) is 0 Å². The Morgan fingerprint density at radius 2 is 1.12 bits per heavy atom. The van der Waals surface area contributed by atoms with Gasteiger partial charge in [-0.3, -0.25) is 0 Å². The molecule has 0 radical (unpaired) electrons. The van der Waals surface area contributed by atoms with Crippen LogP contribution in [0.25, 0.3) is 34.1 Å². The molecule has 0 heterocycles. The Morgan fingerprint density at radius 3 is 1.73 bits per heavy atom. The van der Waals surface area contributed by atoms with Crippen LogP contribution in [0.2, 0.25) is 0 Å². The Bertz CT molecular complexity index is 1170. The monoisotopic (exact) mass is 414 g/mol. The van der Waals surface area contributed by atoms with E-state index >= 15 is 0 Å². The molecular weight excluding hydrogens is 400 g/mol. The molecule has 0 amide bonds. The van der Waals surface area contributed by atoms with E-state index < -0.39 is 28.7 Å². The van der Waals surface area contributed by atoms with E-state index in [-0.39, 0.29) is 5.56 Å². The molecule has 5 N–H and O–H groups in total. The van der Waals surface area contributed by atoms with Crippen molar-refractivity contribution >= 4 is 38.9 Å². The van der Waals surface area contributed by atoms with Gasteiger partial charge in [0.15, 0.2) is 11.5 Å². The third-order valence-electron chi connectivity index (χ3n) is 4.71. The Hall–Kier alpha value is -2.86. The number of phenols is 5. The predicted molar refractivity (Wildman–Crippen MR) is 103 cm³/mol. The summed E-state index contributed by atoms with van der Waals surface area (Å²) in [6, 6.07) is 7.44. The fourth-order valence-electron chi connectivity index (χ4n) is 3.49. The standard InChI is InChI=1S/C20H15BrO5/c21-15-11-7-3-1-5-9(11)13(10-6-2-4-8-12(10)15)14-16(22)18(24)20(26)19(25)17(14)23/h1,3,5-8,22-26H,2,4H2. The van der Waals surface area contributed by atoms with Gasteiger partial charge in [-0.2, -0.15) is 0 Å². The molecule has 0 saturated carbocycles. The molecule has 5 nitrogen and oxygen atoms in total. The highest BCUT2D eigenvalue weighted by Crippen LogP contribution is 2.55. The predicted octanol–water partition coefficient (Wildman–Crippen LogP) is 3.15. The lowest BCUT2D eigenvalue weighted by Gasteiger charge is -2.17. The van der Waals surface area contributed by atoms with Crippen molar-refractivity contribution in [2.75, 3.05) is 0 Å². The Kier molecular flexibility index (Phi) is 3.73. The number of benzene rings is 3. The summed E-state index contributed by atoms with van der Waals surface area (Å²) in [6.07, 6.45) is 5.68. The van der Waals surface area contributed by atoms with Crippen molar-refractivity contribution in [1.29, 1.82) is 0 Å². The van der Waals surface area contributed by atoms with E-state index in [1.165, 1.54) is 0 Å². The SMILES string of the molecule is Oc1c(O)c(O)c(-c2c3c(c(Br)c4ccccc24)=CCCC=3)c(O)c1O. The van der Waals surface area contributed by atoms with Crippen molar-refractivity contribution in [2.45, 2.75) is 12.8 Å². The molecule has 132 valence electrons. The maximum absolute atomic E-state index is 10.5. The molecule has 0 atom stereocenters. The van der Waals surface area contributed by atoms with Gasteiger partial charge in [0.2, 0.25) is 17.2 Å². The minimum absolute atomic E-state index is 0.121. The maximum atomic E-state index is 10.5. The molecule has 0 spiro atoms. The van der Waals surface area contributed by atoms with Crippen LogP contribution in [0.15, 0.2) is 28.7 Å². The fourth-order valence-corrected chi connectivity index (χ4v) is 4.22. The molecule has 3 aromatic rings. The Labute approximate surface area is 156 Å². The molecule has 3 aromatic carbocycles. The summed E-state index contributed by atoms with van der Waals surface area (Å²) in [5, 5.41) is 53.8. The second-order valence-electron chi connectivity index (χ2n) is 6.17. The first-order valence-electron chi connectivity index (χ1n) is 8.03. The van der Waals surface area contributed by atoms with Crippen LogP contribution in [0, 0.1) is 0 Å². The van der Waals surface area contributed by atoms with E-state index in [9.17, 15) is 25.5 Å². The van der Waals surface area contributed by atoms with Crippen molar-refractivity contribution in [1.82, 2.24) is 0 Å². The van der Waals surface area contributed by atoms with Gasteiger partial charge in [0.25, 0.3) is 0 Å². The molecular formula is C20H15BrO5. The van der Waals surface area contributed by atoms with Crippen molar-refractivity contribution < 1.29 is 25.5 Å². The summed E-state index contributed by atoms with van der Waals surface area (Å²) >= 11 is 3.64. The average molecular weight is 415 g/mol. The van der Waals surface area contributed by atoms with Crippen LogP contribution in [0.4, 0.5) is 0 Å². The average Bonchev–Trinajstić information content (AvgIpc) is 2.67. The van der Waals surface area contributed by atoms with E-state index in [1.807, 2.05) is 30.3 Å². The number of halogens is 1. The molecule has 1 aliphatic carbocycles. The lowest BCUT2D eigenvalue weighted by molar-refractivity contribution is 0.330. The molecule has 0 bridgehead atoms. The van der Waals surface area contributed by atoms with Gasteiger partial charge in [0.1, 0.15) is 0 Å². The van der Waals surface area contributed by atoms with Gasteiger partial charge in [-0.05, 0) is 50.0 Å². The number of hydrogen-bond donors (Lipinski definition) is 5. The van der Waals surface area contributed by atoms with E-state index in [2.05, 4.69) is 22.0 Å². The smallest absolute Gasteiger partial charge is 0.208 e. The van der Waals surface area contributed by atoms with Gasteiger partial charge in [-0.1, -0.05) is 36.4 Å². The van der Waals surface area contributed by atoms with Crippen molar-refractivity contribution in [3.05, 3.63) is 39.2 Å². The van der Waals surface area contributed by atoms with Crippen LogP contribution < -0.4 is 10.4 Å². The summed E-state index contributed by atoms with van der Waals surface area (Å²) in [5.41, 5.74) is 0.361. The third-order valence-corrected chi connectivity index (χ3v) is 5.57. The van der Waals surface area contributed by atoms with E-state index in [0.29, 0.717) is 5.56 Å². The molecule has 0 aromatic heterocycles. The molecule has 0 unspecified atom stereocenters. The van der Waals surface area contributed by atoms with Gasteiger partial charge in [0.05, 0.1) is 5.56 Å². The minimum Gasteiger partial charge on any atom is -0.504 e. The molecule has 0 aliphatic heterocycles. The van der Waals surface area contributed by atoms with Crippen molar-refractivity contribution in [3.8, 4) is 39.9 Å². The van der Waals surface area contributed by atoms with Crippen LogP contribution in [0.5, 0.6) is 28.7 Å². The zero-order valence-corrected chi connectivity index (χ0v) is 15.1. The molecule has 6 heteroatoms. The van der Waals surface area contributed by atoms with Gasteiger partial charge in [-0.25, -0.2) is 0 Å². The normalized spacial score (nSPS) is 13.1. The Morgan fingerprint density at radius 1 is 0.615 bits per heavy atom. The van der Waals surface area contributed by atoms with E-state index in [1.54, 1.807) is 0 Å². The largest absolute Gasteiger partial charge is 0.504 e. The van der Waals surface area contributed by atoms with Gasteiger partial charge >= 0.3 is 0 Å². The number of hydrogen-bond acceptors (Lipinski definition) is 5. The number of rotatable bonds is 1. The highest BCUT2D eigenvalue weighted by atomic mass is 79.9. The molecule has 1 aliphatic rings. The van der Waals surface area contributed by atoms with Gasteiger partial charge < -0.3 is 25.5 Å². The summed E-state index contributed by atoms with van der Waals surface area (Å²) in [4.78, 5) is 0. The molecule has 26 heavy (non-hydrogen) atoms. The molecule has 0 saturated heterocycles. The lowest BCUT2D eigenvalue weighted by Crippen LogP contribution is -2.30. The second-order valence-corrected chi connectivity index (χ2v) is 6.96. The Balaban J connectivity index is 2.32. The third kappa shape index (κ3) is 2.15. The maximum Gasteiger partial charge on any atom is 0.208 e. The number of aromatic hydroxyl groups is 5. The number of fused-ring (bicyclic) bond motifs is 2. The van der Waals surface area contributed by atoms with Crippen LogP contribution in [-0.2, 0) is 0 Å². The summed E-state index contributed by atoms with van der Waals surface area (Å²) < 4.78 is 0.897. The van der Waals surface area contributed by atoms with Crippen LogP contribution in [-0.4, -0.2) is 25.5 Å². The first-order valence-corrected chi connectivity index (χ1v) is 8.82. The fraction of sp³-hybridized carbons (Fsp3) is 0.100. The molecule has 0 fully saturated rings. The zero-order chi connectivity index (χ0) is 18.6. The second kappa shape index (κ2) is 5.85. The van der Waals surface area contributed by atoms with Gasteiger partial charge in [0, 0.05) is 10.0 Å².